The Morgan fingerprint density at radius 1 is 1.23 bits per heavy atom. The van der Waals surface area contributed by atoms with Crippen molar-refractivity contribution in [1.29, 1.82) is 0 Å². The van der Waals surface area contributed by atoms with E-state index in [-0.39, 0.29) is 23.1 Å². The van der Waals surface area contributed by atoms with Crippen molar-refractivity contribution >= 4 is 21.9 Å². The molecule has 0 heterocycles. The number of esters is 1. The Morgan fingerprint density at radius 3 is 2.32 bits per heavy atom. The van der Waals surface area contributed by atoms with Crippen molar-refractivity contribution in [2.24, 2.45) is 0 Å². The predicted octanol–water partition coefficient (Wildman–Crippen LogP) is 0.666. The van der Waals surface area contributed by atoms with Gasteiger partial charge in [-0.1, -0.05) is 6.92 Å². The van der Waals surface area contributed by atoms with Crippen LogP contribution in [-0.2, 0) is 19.6 Å². The summed E-state index contributed by atoms with van der Waals surface area (Å²) in [4.78, 5) is 22.7. The molecule has 0 aliphatic rings. The molecular formula is C14H20N2O5S. The highest BCUT2D eigenvalue weighted by molar-refractivity contribution is 7.89. The van der Waals surface area contributed by atoms with Crippen LogP contribution in [0.4, 0.5) is 0 Å². The average molecular weight is 328 g/mol. The summed E-state index contributed by atoms with van der Waals surface area (Å²) in [7, 11) is -2.18. The fourth-order valence-corrected chi connectivity index (χ4v) is 2.80. The summed E-state index contributed by atoms with van der Waals surface area (Å²) in [5.74, 6) is -1.12. The van der Waals surface area contributed by atoms with Gasteiger partial charge in [-0.25, -0.2) is 17.9 Å². The molecule has 0 aliphatic carbocycles. The van der Waals surface area contributed by atoms with E-state index in [4.69, 9.17) is 4.74 Å². The maximum absolute atomic E-state index is 12.1. The smallest absolute Gasteiger partial charge is 0.338 e. The molecule has 0 fully saturated rings. The largest absolute Gasteiger partial charge is 0.452 e. The van der Waals surface area contributed by atoms with E-state index in [0.29, 0.717) is 6.42 Å². The Morgan fingerprint density at radius 2 is 1.82 bits per heavy atom. The number of carbonyl (C=O) groups is 2. The van der Waals surface area contributed by atoms with Gasteiger partial charge in [0.2, 0.25) is 10.0 Å². The molecule has 0 unspecified atom stereocenters. The molecule has 22 heavy (non-hydrogen) atoms. The Balaban J connectivity index is 2.78. The molecule has 1 rings (SSSR count). The van der Waals surface area contributed by atoms with Gasteiger partial charge < -0.3 is 10.1 Å². The zero-order valence-corrected chi connectivity index (χ0v) is 13.6. The van der Waals surface area contributed by atoms with Crippen LogP contribution in [0.5, 0.6) is 0 Å². The molecule has 0 spiro atoms. The van der Waals surface area contributed by atoms with Crippen LogP contribution in [0.25, 0.3) is 0 Å². The second kappa shape index (κ2) is 7.90. The quantitative estimate of drug-likeness (QED) is 0.716. The van der Waals surface area contributed by atoms with Gasteiger partial charge in [0, 0.05) is 13.1 Å². The van der Waals surface area contributed by atoms with Crippen LogP contribution >= 0.6 is 0 Å². The number of benzene rings is 1. The van der Waals surface area contributed by atoms with E-state index in [1.165, 1.54) is 31.3 Å². The van der Waals surface area contributed by atoms with E-state index in [1.54, 1.807) is 6.92 Å². The van der Waals surface area contributed by atoms with Gasteiger partial charge in [0.25, 0.3) is 5.91 Å². The van der Waals surface area contributed by atoms with Crippen LogP contribution in [0.3, 0.4) is 0 Å². The first kappa shape index (κ1) is 18.1. The number of carbonyl (C=O) groups excluding carboxylic acids is 2. The topological polar surface area (TPSA) is 102 Å². The van der Waals surface area contributed by atoms with Crippen LogP contribution in [-0.4, -0.2) is 40.0 Å². The lowest BCUT2D eigenvalue weighted by molar-refractivity contribution is -0.123. The second-order valence-electron chi connectivity index (χ2n) is 4.70. The Hall–Kier alpha value is -1.93. The number of likely N-dealkylation sites (N-methyl/N-ethyl adjacent to an activating group) is 1. The molecule has 0 saturated heterocycles. The SMILES string of the molecule is CC[C@H](C)NS(=O)(=O)c1ccc(C(=O)OCC(=O)NC)cc1. The van der Waals surface area contributed by atoms with Gasteiger partial charge in [0.05, 0.1) is 10.5 Å². The summed E-state index contributed by atoms with van der Waals surface area (Å²) in [5, 5.41) is 2.32. The molecule has 1 atom stereocenters. The summed E-state index contributed by atoms with van der Waals surface area (Å²) >= 11 is 0. The van der Waals surface area contributed by atoms with Gasteiger partial charge >= 0.3 is 5.97 Å². The van der Waals surface area contributed by atoms with Crippen molar-refractivity contribution in [3.8, 4) is 0 Å². The van der Waals surface area contributed by atoms with Crippen molar-refractivity contribution in [3.05, 3.63) is 29.8 Å². The van der Waals surface area contributed by atoms with E-state index < -0.39 is 21.9 Å². The van der Waals surface area contributed by atoms with Gasteiger partial charge in [-0.15, -0.1) is 0 Å². The lowest BCUT2D eigenvalue weighted by Crippen LogP contribution is -2.32. The van der Waals surface area contributed by atoms with Crippen molar-refractivity contribution in [3.63, 3.8) is 0 Å². The van der Waals surface area contributed by atoms with E-state index in [9.17, 15) is 18.0 Å². The fraction of sp³-hybridized carbons (Fsp3) is 0.429. The van der Waals surface area contributed by atoms with Gasteiger partial charge in [0.15, 0.2) is 6.61 Å². The first-order valence-corrected chi connectivity index (χ1v) is 8.28. The highest BCUT2D eigenvalue weighted by Crippen LogP contribution is 2.12. The zero-order chi connectivity index (χ0) is 16.8. The molecule has 0 bridgehead atoms. The number of rotatable bonds is 7. The fourth-order valence-electron chi connectivity index (χ4n) is 1.47. The summed E-state index contributed by atoms with van der Waals surface area (Å²) in [6, 6.07) is 5.15. The second-order valence-corrected chi connectivity index (χ2v) is 6.42. The van der Waals surface area contributed by atoms with Crippen molar-refractivity contribution in [1.82, 2.24) is 10.0 Å². The number of hydrogen-bond acceptors (Lipinski definition) is 5. The maximum atomic E-state index is 12.1. The molecule has 1 aromatic rings. The van der Waals surface area contributed by atoms with Crippen LogP contribution < -0.4 is 10.0 Å². The lowest BCUT2D eigenvalue weighted by atomic mass is 10.2. The minimum Gasteiger partial charge on any atom is -0.452 e. The molecular weight excluding hydrogens is 308 g/mol. The molecule has 0 aromatic heterocycles. The third-order valence-corrected chi connectivity index (χ3v) is 4.59. The Kier molecular flexibility index (Phi) is 6.51. The highest BCUT2D eigenvalue weighted by atomic mass is 32.2. The van der Waals surface area contributed by atoms with E-state index in [1.807, 2.05) is 6.92 Å². The van der Waals surface area contributed by atoms with Crippen LogP contribution in [0.1, 0.15) is 30.6 Å². The minimum absolute atomic E-state index is 0.0654. The summed E-state index contributed by atoms with van der Waals surface area (Å²) < 4.78 is 31.4. The van der Waals surface area contributed by atoms with Crippen molar-refractivity contribution < 1.29 is 22.7 Å². The van der Waals surface area contributed by atoms with Crippen molar-refractivity contribution in [2.75, 3.05) is 13.7 Å². The van der Waals surface area contributed by atoms with Crippen LogP contribution in [0.15, 0.2) is 29.2 Å². The Labute approximate surface area is 130 Å². The van der Waals surface area contributed by atoms with E-state index in [0.717, 1.165) is 0 Å². The number of sulfonamides is 1. The maximum Gasteiger partial charge on any atom is 0.338 e. The van der Waals surface area contributed by atoms with Crippen LogP contribution in [0.2, 0.25) is 0 Å². The standard InChI is InChI=1S/C14H20N2O5S/c1-4-10(2)16-22(19,20)12-7-5-11(6-8-12)14(18)21-9-13(17)15-3/h5-8,10,16H,4,9H2,1-3H3,(H,15,17)/t10-/m0/s1. The molecule has 7 nitrogen and oxygen atoms in total. The number of hydrogen-bond donors (Lipinski definition) is 2. The molecule has 0 aliphatic heterocycles. The summed E-state index contributed by atoms with van der Waals surface area (Å²) in [6.07, 6.45) is 0.670. The van der Waals surface area contributed by atoms with Crippen LogP contribution in [0, 0.1) is 0 Å². The lowest BCUT2D eigenvalue weighted by Gasteiger charge is -2.12. The monoisotopic (exact) mass is 328 g/mol. The molecule has 1 aromatic carbocycles. The minimum atomic E-state index is -3.61. The first-order valence-electron chi connectivity index (χ1n) is 6.80. The predicted molar refractivity (Wildman–Crippen MR) is 80.9 cm³/mol. The summed E-state index contributed by atoms with van der Waals surface area (Å²) in [5.41, 5.74) is 0.173. The zero-order valence-electron chi connectivity index (χ0n) is 12.8. The number of amides is 1. The van der Waals surface area contributed by atoms with Gasteiger partial charge in [-0.3, -0.25) is 4.79 Å². The van der Waals surface area contributed by atoms with E-state index >= 15 is 0 Å². The summed E-state index contributed by atoms with van der Waals surface area (Å²) in [6.45, 7) is 3.26. The third kappa shape index (κ3) is 5.12. The normalized spacial score (nSPS) is 12.5. The first-order chi connectivity index (χ1) is 10.3. The third-order valence-electron chi connectivity index (χ3n) is 2.98. The van der Waals surface area contributed by atoms with Crippen molar-refractivity contribution in [2.45, 2.75) is 31.2 Å². The van der Waals surface area contributed by atoms with E-state index in [2.05, 4.69) is 10.0 Å². The Bertz CT molecular complexity index is 625. The molecule has 1 amide bonds. The molecule has 0 saturated carbocycles. The number of ether oxygens (including phenoxy) is 1. The number of nitrogens with one attached hydrogen (secondary N) is 2. The van der Waals surface area contributed by atoms with Gasteiger partial charge in [-0.05, 0) is 37.6 Å². The molecule has 0 radical (unpaired) electrons. The highest BCUT2D eigenvalue weighted by Gasteiger charge is 2.17. The van der Waals surface area contributed by atoms with Gasteiger partial charge in [0.1, 0.15) is 0 Å². The van der Waals surface area contributed by atoms with Gasteiger partial charge in [-0.2, -0.15) is 0 Å². The molecule has 2 N–H and O–H groups in total. The average Bonchev–Trinajstić information content (AvgIpc) is 2.51. The molecule has 122 valence electrons. The molecule has 8 heteroatoms.